The van der Waals surface area contributed by atoms with Gasteiger partial charge in [-0.1, -0.05) is 18.2 Å². The largest absolute Gasteiger partial charge is 0.337 e. The predicted octanol–water partition coefficient (Wildman–Crippen LogP) is 3.34. The van der Waals surface area contributed by atoms with Gasteiger partial charge < -0.3 is 5.32 Å². The second kappa shape index (κ2) is 7.12. The Bertz CT molecular complexity index is 1280. The van der Waals surface area contributed by atoms with Crippen molar-refractivity contribution in [2.24, 2.45) is 0 Å². The van der Waals surface area contributed by atoms with E-state index in [1.54, 1.807) is 34.0 Å². The number of hydrogen-bond acceptors (Lipinski definition) is 6. The van der Waals surface area contributed by atoms with Crippen molar-refractivity contribution >= 4 is 22.5 Å². The first-order valence-corrected chi connectivity index (χ1v) is 8.90. The van der Waals surface area contributed by atoms with Crippen molar-refractivity contribution in [2.45, 2.75) is 6.54 Å². The highest BCUT2D eigenvalue weighted by molar-refractivity contribution is 5.88. The first kappa shape index (κ1) is 17.0. The maximum absolute atomic E-state index is 13.4. The Morgan fingerprint density at radius 2 is 1.93 bits per heavy atom. The first-order chi connectivity index (χ1) is 14.3. The van der Waals surface area contributed by atoms with Crippen LogP contribution in [0.25, 0.3) is 16.9 Å². The lowest BCUT2D eigenvalue weighted by Crippen LogP contribution is -2.01. The van der Waals surface area contributed by atoms with Gasteiger partial charge >= 0.3 is 0 Å². The van der Waals surface area contributed by atoms with Crippen LogP contribution in [-0.2, 0) is 6.54 Å². The summed E-state index contributed by atoms with van der Waals surface area (Å²) in [5, 5.41) is 12.7. The summed E-state index contributed by atoms with van der Waals surface area (Å²) in [5.74, 6) is 1.03. The Kier molecular flexibility index (Phi) is 4.17. The van der Waals surface area contributed by atoms with Gasteiger partial charge in [-0.3, -0.25) is 4.68 Å². The van der Waals surface area contributed by atoms with E-state index in [1.165, 1.54) is 18.5 Å². The minimum atomic E-state index is -0.263. The van der Waals surface area contributed by atoms with Crippen LogP contribution >= 0.6 is 0 Å². The average molecular weight is 386 g/mol. The van der Waals surface area contributed by atoms with Crippen molar-refractivity contribution in [2.75, 3.05) is 5.32 Å². The number of fused-ring (bicyclic) bond motifs is 1. The van der Waals surface area contributed by atoms with E-state index in [2.05, 4.69) is 30.5 Å². The summed E-state index contributed by atoms with van der Waals surface area (Å²) in [7, 11) is 0. The number of rotatable bonds is 5. The third-order valence-corrected chi connectivity index (χ3v) is 4.36. The van der Waals surface area contributed by atoms with Crippen molar-refractivity contribution < 1.29 is 4.39 Å². The molecule has 142 valence electrons. The van der Waals surface area contributed by atoms with E-state index in [0.29, 0.717) is 23.8 Å². The number of hydrogen-bond donors (Lipinski definition) is 1. The number of halogens is 1. The summed E-state index contributed by atoms with van der Waals surface area (Å²) in [6.45, 7) is 0.468. The van der Waals surface area contributed by atoms with Crippen LogP contribution in [-0.4, -0.2) is 34.5 Å². The number of aromatic nitrogens is 7. The van der Waals surface area contributed by atoms with Crippen LogP contribution in [0.1, 0.15) is 5.56 Å². The Hall–Kier alpha value is -4.14. The molecule has 5 aromatic rings. The summed E-state index contributed by atoms with van der Waals surface area (Å²) in [5.41, 5.74) is 2.24. The van der Waals surface area contributed by atoms with Gasteiger partial charge in [-0.25, -0.2) is 19.3 Å². The van der Waals surface area contributed by atoms with Crippen LogP contribution in [0.4, 0.5) is 15.9 Å². The highest BCUT2D eigenvalue weighted by atomic mass is 19.1. The average Bonchev–Trinajstić information content (AvgIpc) is 3.36. The van der Waals surface area contributed by atoms with E-state index in [0.717, 1.165) is 16.6 Å². The van der Waals surface area contributed by atoms with Gasteiger partial charge in [0.25, 0.3) is 0 Å². The van der Waals surface area contributed by atoms with E-state index in [4.69, 9.17) is 0 Å². The second-order valence-corrected chi connectivity index (χ2v) is 6.39. The molecule has 0 fully saturated rings. The summed E-state index contributed by atoms with van der Waals surface area (Å²) in [6, 6.07) is 12.1. The van der Waals surface area contributed by atoms with Crippen molar-refractivity contribution in [1.29, 1.82) is 0 Å². The smallest absolute Gasteiger partial charge is 0.170 e. The molecule has 0 atom stereocenters. The normalized spacial score (nSPS) is 11.1. The van der Waals surface area contributed by atoms with E-state index in [1.807, 2.05) is 30.5 Å². The SMILES string of the molecule is Fc1cccc(Cn2cc(Nc3ncnc4c3cnn4-c3ccccn3)cn2)c1. The Morgan fingerprint density at radius 1 is 0.966 bits per heavy atom. The van der Waals surface area contributed by atoms with Gasteiger partial charge in [0, 0.05) is 12.4 Å². The van der Waals surface area contributed by atoms with Crippen LogP contribution in [0.2, 0.25) is 0 Å². The van der Waals surface area contributed by atoms with Crippen molar-refractivity contribution in [3.05, 3.63) is 85.0 Å². The van der Waals surface area contributed by atoms with Gasteiger partial charge in [0.1, 0.15) is 18.0 Å². The molecule has 8 nitrogen and oxygen atoms in total. The Balaban J connectivity index is 1.41. The van der Waals surface area contributed by atoms with Gasteiger partial charge in [0.05, 0.1) is 30.0 Å². The molecule has 0 saturated heterocycles. The van der Waals surface area contributed by atoms with E-state index in [9.17, 15) is 4.39 Å². The fourth-order valence-corrected chi connectivity index (χ4v) is 3.06. The van der Waals surface area contributed by atoms with Gasteiger partial charge in [-0.05, 0) is 29.8 Å². The molecule has 4 aromatic heterocycles. The second-order valence-electron chi connectivity index (χ2n) is 6.39. The lowest BCUT2D eigenvalue weighted by molar-refractivity contribution is 0.619. The highest BCUT2D eigenvalue weighted by Gasteiger charge is 2.12. The van der Waals surface area contributed by atoms with E-state index >= 15 is 0 Å². The first-order valence-electron chi connectivity index (χ1n) is 8.90. The molecule has 1 N–H and O–H groups in total. The zero-order chi connectivity index (χ0) is 19.6. The zero-order valence-electron chi connectivity index (χ0n) is 15.1. The predicted molar refractivity (Wildman–Crippen MR) is 105 cm³/mol. The number of nitrogens with zero attached hydrogens (tertiary/aromatic N) is 7. The number of benzene rings is 1. The van der Waals surface area contributed by atoms with Crippen LogP contribution in [0.15, 0.2) is 73.6 Å². The van der Waals surface area contributed by atoms with Gasteiger partial charge in [-0.2, -0.15) is 14.9 Å². The molecule has 0 radical (unpaired) electrons. The number of nitrogens with one attached hydrogen (secondary N) is 1. The van der Waals surface area contributed by atoms with Crippen LogP contribution in [0.3, 0.4) is 0 Å². The standard InChI is InChI=1S/C20H15FN8/c21-15-5-3-4-14(8-15)11-28-12-16(9-25-28)27-19-17-10-26-29(20(17)24-13-23-19)18-6-1-2-7-22-18/h1-10,12-13H,11H2,(H,23,24,27). The monoisotopic (exact) mass is 386 g/mol. The highest BCUT2D eigenvalue weighted by Crippen LogP contribution is 2.24. The summed E-state index contributed by atoms with van der Waals surface area (Å²) < 4.78 is 16.8. The van der Waals surface area contributed by atoms with Gasteiger partial charge in [-0.15, -0.1) is 0 Å². The minimum absolute atomic E-state index is 0.263. The molecular weight excluding hydrogens is 371 g/mol. The minimum Gasteiger partial charge on any atom is -0.337 e. The van der Waals surface area contributed by atoms with E-state index < -0.39 is 0 Å². The van der Waals surface area contributed by atoms with Crippen molar-refractivity contribution in [1.82, 2.24) is 34.5 Å². The summed E-state index contributed by atoms with van der Waals surface area (Å²) in [4.78, 5) is 13.0. The molecule has 1 aromatic carbocycles. The Morgan fingerprint density at radius 3 is 2.79 bits per heavy atom. The van der Waals surface area contributed by atoms with Crippen LogP contribution < -0.4 is 5.32 Å². The quantitative estimate of drug-likeness (QED) is 0.499. The summed E-state index contributed by atoms with van der Waals surface area (Å²) >= 11 is 0. The summed E-state index contributed by atoms with van der Waals surface area (Å²) in [6.07, 6.45) is 8.40. The van der Waals surface area contributed by atoms with Gasteiger partial charge in [0.2, 0.25) is 0 Å². The van der Waals surface area contributed by atoms with Crippen molar-refractivity contribution in [3.8, 4) is 5.82 Å². The van der Waals surface area contributed by atoms with E-state index in [-0.39, 0.29) is 5.82 Å². The Labute approximate surface area is 164 Å². The molecule has 0 unspecified atom stereocenters. The maximum Gasteiger partial charge on any atom is 0.170 e. The fourth-order valence-electron chi connectivity index (χ4n) is 3.06. The molecule has 0 aliphatic heterocycles. The molecule has 0 aliphatic rings. The molecule has 0 spiro atoms. The lowest BCUT2D eigenvalue weighted by Gasteiger charge is -2.05. The fraction of sp³-hybridized carbons (Fsp3) is 0.0500. The third kappa shape index (κ3) is 3.41. The molecule has 9 heteroatoms. The molecule has 29 heavy (non-hydrogen) atoms. The van der Waals surface area contributed by atoms with Crippen LogP contribution in [0, 0.1) is 5.82 Å². The molecule has 0 aliphatic carbocycles. The number of anilines is 2. The molecule has 0 amide bonds. The molecule has 0 saturated carbocycles. The topological polar surface area (TPSA) is 86.3 Å². The third-order valence-electron chi connectivity index (χ3n) is 4.36. The van der Waals surface area contributed by atoms with Crippen LogP contribution in [0.5, 0.6) is 0 Å². The zero-order valence-corrected chi connectivity index (χ0v) is 15.1. The maximum atomic E-state index is 13.4. The molecule has 0 bridgehead atoms. The van der Waals surface area contributed by atoms with Gasteiger partial charge in [0.15, 0.2) is 11.5 Å². The molecule has 5 rings (SSSR count). The van der Waals surface area contributed by atoms with Crippen molar-refractivity contribution in [3.63, 3.8) is 0 Å². The lowest BCUT2D eigenvalue weighted by atomic mass is 10.2. The number of pyridine rings is 1. The molecule has 4 heterocycles. The molecular formula is C20H15FN8.